The van der Waals surface area contributed by atoms with E-state index in [-0.39, 0.29) is 117 Å². The fraction of sp³-hybridized carbons (Fsp3) is 0.622. The second-order valence-corrected chi connectivity index (χ2v) is 17.3. The summed E-state index contributed by atoms with van der Waals surface area (Å²) in [6.45, 7) is 6.39. The SMILES string of the molecule is C.CC(=O)CCC1C(=O)N(C)C(=O)N1C.CC(=O)CCC1NC(=O)CC1=O.CC(=O)CCC1NC(=O)NC1=O.CCS.NC(CCC(=O)O)C(=O)O.O=C(O)CCC1NC(=O)CC1=O.O=C(O)CCC1NC(=O)NC1=O. The van der Waals surface area contributed by atoms with E-state index in [0.717, 1.165) is 10.7 Å². The standard InChI is InChI=1S/C9H14N2O3.C8H11NO3.C7H10N2O3.C7H9NO4.C6H8N2O4.C5H9NO4.C2H6S.CH4/c1-6(12)4-5-7-8(13)11(3)9(14)10(7)2;1-5(10)2-3-6-7(11)4-8(12)9-6;1-4(10)2-3-5-6(11)9-7(12)8-5;9-5-3-6(10)8-4(5)1-2-7(11)12;9-4(10)2-1-3-5(11)8-6(12)7-3;6-3(5(9)10)1-2-4(7)8;1-2-3;/h7H,4-5H2,1-3H3;6H,2-4H2,1H3,(H,9,12);5H,2-3H2,1H3,(H2,8,9,11,12);4H,1-3H2,(H,8,10)(H,11,12);3H,1-2H2,(H,9,10)(H2,7,8,11,12);3H,1-2,6H2,(H,7,8)(H,9,10);3H,2H2,1H3;1H4. The summed E-state index contributed by atoms with van der Waals surface area (Å²) in [6.07, 6.45) is 2.01. The van der Waals surface area contributed by atoms with Gasteiger partial charge in [-0.15, -0.1) is 0 Å². The Hall–Kier alpha value is -7.70. The zero-order valence-corrected chi connectivity index (χ0v) is 43.1. The van der Waals surface area contributed by atoms with Crippen LogP contribution in [0.4, 0.5) is 14.4 Å². The van der Waals surface area contributed by atoms with Crippen molar-refractivity contribution in [3.05, 3.63) is 0 Å². The molecule has 0 saturated carbocycles. The van der Waals surface area contributed by atoms with Crippen LogP contribution in [-0.4, -0.2) is 187 Å². The Morgan fingerprint density at radius 3 is 1.16 bits per heavy atom. The number of carbonyl (C=O) groups is 17. The molecule has 0 aromatic rings. The molecule has 5 aliphatic heterocycles. The molecular formula is C45H71N9O21S. The molecule has 0 bridgehead atoms. The third kappa shape index (κ3) is 31.8. The predicted octanol–water partition coefficient (Wildman–Crippen LogP) is -1.17. The molecule has 0 aromatic carbocycles. The third-order valence-corrected chi connectivity index (χ3v) is 10.1. The first-order valence-corrected chi connectivity index (χ1v) is 23.5. The van der Waals surface area contributed by atoms with Gasteiger partial charge < -0.3 is 66.7 Å². The van der Waals surface area contributed by atoms with Gasteiger partial charge in [-0.05, 0) is 65.0 Å². The van der Waals surface area contributed by atoms with Gasteiger partial charge in [-0.2, -0.15) is 12.6 Å². The van der Waals surface area contributed by atoms with Crippen LogP contribution in [0.3, 0.4) is 0 Å². The van der Waals surface area contributed by atoms with Gasteiger partial charge in [0.05, 0.1) is 24.9 Å². The van der Waals surface area contributed by atoms with E-state index in [9.17, 15) is 81.5 Å². The van der Waals surface area contributed by atoms with Crippen LogP contribution in [0.2, 0.25) is 0 Å². The molecule has 0 radical (unpaired) electrons. The molecule has 12 N–H and O–H groups in total. The van der Waals surface area contributed by atoms with Crippen molar-refractivity contribution in [2.45, 2.75) is 161 Å². The number of carboxylic acid groups (broad SMARTS) is 4. The lowest BCUT2D eigenvalue weighted by atomic mass is 10.1. The van der Waals surface area contributed by atoms with Crippen LogP contribution in [0.5, 0.6) is 0 Å². The lowest BCUT2D eigenvalue weighted by Crippen LogP contribution is -2.31. The molecule has 428 valence electrons. The van der Waals surface area contributed by atoms with Gasteiger partial charge in [0.15, 0.2) is 11.6 Å². The number of nitrogens with one attached hydrogen (secondary N) is 6. The zero-order chi connectivity index (χ0) is 58.3. The number of thiol groups is 1. The molecular weight excluding hydrogens is 1030 g/mol. The summed E-state index contributed by atoms with van der Waals surface area (Å²) in [5, 5.41) is 46.6. The van der Waals surface area contributed by atoms with Crippen LogP contribution in [0.25, 0.3) is 0 Å². The fourth-order valence-corrected chi connectivity index (χ4v) is 6.15. The number of ketones is 5. The molecule has 5 fully saturated rings. The molecule has 5 saturated heterocycles. The van der Waals surface area contributed by atoms with Crippen LogP contribution in [0, 0.1) is 0 Å². The highest BCUT2D eigenvalue weighted by Gasteiger charge is 2.40. The van der Waals surface area contributed by atoms with E-state index in [1.54, 1.807) is 7.05 Å². The molecule has 0 aliphatic carbocycles. The lowest BCUT2D eigenvalue weighted by Gasteiger charge is -2.14. The molecule has 5 heterocycles. The zero-order valence-electron chi connectivity index (χ0n) is 42.2. The number of Topliss-reactive ketones (excluding diaryl/α,β-unsaturated/α-hetero) is 5. The number of carboxylic acids is 4. The molecule has 76 heavy (non-hydrogen) atoms. The van der Waals surface area contributed by atoms with E-state index < -0.39 is 78.1 Å². The molecule has 5 aliphatic rings. The Morgan fingerprint density at radius 2 is 0.895 bits per heavy atom. The van der Waals surface area contributed by atoms with Gasteiger partial charge in [-0.3, -0.25) is 68.3 Å². The number of aliphatic carboxylic acids is 4. The highest BCUT2D eigenvalue weighted by Crippen LogP contribution is 2.18. The lowest BCUT2D eigenvalue weighted by molar-refractivity contribution is -0.141. The van der Waals surface area contributed by atoms with Gasteiger partial charge in [0.1, 0.15) is 41.5 Å². The Morgan fingerprint density at radius 1 is 0.566 bits per heavy atom. The number of hydrogen-bond donors (Lipinski definition) is 12. The normalized spacial score (nSPS) is 20.0. The van der Waals surface area contributed by atoms with Gasteiger partial charge in [0, 0.05) is 52.6 Å². The van der Waals surface area contributed by atoms with Crippen molar-refractivity contribution in [2.24, 2.45) is 5.73 Å². The summed E-state index contributed by atoms with van der Waals surface area (Å²) in [6, 6.07) is -5.06. The average Bonchev–Trinajstić information content (AvgIpc) is 4.06. The van der Waals surface area contributed by atoms with Gasteiger partial charge in [0.25, 0.3) is 17.7 Å². The van der Waals surface area contributed by atoms with Crippen LogP contribution in [-0.2, 0) is 67.1 Å². The van der Waals surface area contributed by atoms with Crippen molar-refractivity contribution in [3.8, 4) is 0 Å². The number of imide groups is 3. The first kappa shape index (κ1) is 72.5. The number of carbonyl (C=O) groups excluding carboxylic acids is 13. The number of rotatable bonds is 19. The number of hydrogen-bond acceptors (Lipinski definition) is 19. The Labute approximate surface area is 442 Å². The third-order valence-electron chi connectivity index (χ3n) is 10.1. The van der Waals surface area contributed by atoms with Crippen molar-refractivity contribution >= 4 is 113 Å². The van der Waals surface area contributed by atoms with Crippen LogP contribution < -0.4 is 37.6 Å². The minimum atomic E-state index is -1.17. The summed E-state index contributed by atoms with van der Waals surface area (Å²) < 4.78 is 0. The molecule has 6 atom stereocenters. The van der Waals surface area contributed by atoms with Crippen LogP contribution in [0.15, 0.2) is 0 Å². The van der Waals surface area contributed by atoms with Crippen molar-refractivity contribution in [1.29, 1.82) is 0 Å². The fourth-order valence-electron chi connectivity index (χ4n) is 6.15. The first-order chi connectivity index (χ1) is 34.8. The van der Waals surface area contributed by atoms with Crippen molar-refractivity contribution in [1.82, 2.24) is 41.7 Å². The number of amides is 11. The average molecular weight is 1110 g/mol. The summed E-state index contributed by atoms with van der Waals surface area (Å²) in [5.74, 6) is -4.96. The summed E-state index contributed by atoms with van der Waals surface area (Å²) >= 11 is 3.79. The highest BCUT2D eigenvalue weighted by molar-refractivity contribution is 7.80. The maximum atomic E-state index is 11.5. The van der Waals surface area contributed by atoms with Gasteiger partial charge in [-0.1, -0.05) is 14.4 Å². The molecule has 5 rings (SSSR count). The molecule has 0 spiro atoms. The second kappa shape index (κ2) is 37.9. The van der Waals surface area contributed by atoms with E-state index in [2.05, 4.69) is 39.2 Å². The molecule has 6 unspecified atom stereocenters. The highest BCUT2D eigenvalue weighted by atomic mass is 32.1. The smallest absolute Gasteiger partial charge is 0.326 e. The number of nitrogens with zero attached hydrogens (tertiary/aromatic N) is 2. The van der Waals surface area contributed by atoms with E-state index >= 15 is 0 Å². The molecule has 11 amide bonds. The van der Waals surface area contributed by atoms with E-state index in [1.165, 1.54) is 32.7 Å². The predicted molar refractivity (Wildman–Crippen MR) is 266 cm³/mol. The Bertz CT molecular complexity index is 1960. The van der Waals surface area contributed by atoms with Crippen LogP contribution >= 0.6 is 12.6 Å². The Kier molecular flexibility index (Phi) is 36.2. The van der Waals surface area contributed by atoms with Gasteiger partial charge >= 0.3 is 42.0 Å². The Balaban J connectivity index is -0.000000832. The number of likely N-dealkylation sites (N-methyl/N-ethyl adjacent to an activating group) is 2. The van der Waals surface area contributed by atoms with E-state index in [4.69, 9.17) is 26.2 Å². The monoisotopic (exact) mass is 1110 g/mol. The van der Waals surface area contributed by atoms with E-state index in [0.29, 0.717) is 38.5 Å². The molecule has 0 aromatic heterocycles. The number of nitrogens with two attached hydrogens (primary N) is 1. The van der Waals surface area contributed by atoms with Gasteiger partial charge in [0.2, 0.25) is 11.8 Å². The van der Waals surface area contributed by atoms with Crippen molar-refractivity contribution in [2.75, 3.05) is 19.8 Å². The maximum absolute atomic E-state index is 11.5. The van der Waals surface area contributed by atoms with Crippen LogP contribution in [0.1, 0.15) is 125 Å². The summed E-state index contributed by atoms with van der Waals surface area (Å²) in [7, 11) is 3.03. The largest absolute Gasteiger partial charge is 0.481 e. The maximum Gasteiger partial charge on any atom is 0.326 e. The minimum absolute atomic E-state index is 0. The minimum Gasteiger partial charge on any atom is -0.481 e. The van der Waals surface area contributed by atoms with Gasteiger partial charge in [-0.25, -0.2) is 14.4 Å². The number of urea groups is 3. The van der Waals surface area contributed by atoms with Crippen molar-refractivity contribution in [3.63, 3.8) is 0 Å². The second-order valence-electron chi connectivity index (χ2n) is 16.6. The van der Waals surface area contributed by atoms with E-state index in [1.807, 2.05) is 12.2 Å². The quantitative estimate of drug-likeness (QED) is 0.0412. The van der Waals surface area contributed by atoms with Crippen molar-refractivity contribution < 1.29 is 102 Å². The summed E-state index contributed by atoms with van der Waals surface area (Å²) in [4.78, 5) is 183. The topological polar surface area (TPSA) is 476 Å². The first-order valence-electron chi connectivity index (χ1n) is 22.9. The summed E-state index contributed by atoms with van der Waals surface area (Å²) in [5.41, 5.74) is 5.00. The molecule has 30 nitrogen and oxygen atoms in total. The molecule has 31 heteroatoms.